The summed E-state index contributed by atoms with van der Waals surface area (Å²) < 4.78 is 11.8. The van der Waals surface area contributed by atoms with E-state index in [-0.39, 0.29) is 0 Å². The average molecular weight is 405 g/mol. The first-order valence-corrected chi connectivity index (χ1v) is 9.60. The summed E-state index contributed by atoms with van der Waals surface area (Å²) in [5.74, 6) is 1.13. The Bertz CT molecular complexity index is 794. The van der Waals surface area contributed by atoms with Gasteiger partial charge in [0.1, 0.15) is 11.9 Å². The van der Waals surface area contributed by atoms with E-state index in [4.69, 9.17) is 14.4 Å². The number of hydrogen-bond donors (Lipinski definition) is 1. The highest BCUT2D eigenvalue weighted by atomic mass is 79.9. The van der Waals surface area contributed by atoms with Gasteiger partial charge in [-0.25, -0.2) is 4.98 Å². The monoisotopic (exact) mass is 404 g/mol. The number of nitrogens with one attached hydrogen (secondary N) is 1. The summed E-state index contributed by atoms with van der Waals surface area (Å²) in [6.07, 6.45) is 6.46. The van der Waals surface area contributed by atoms with Crippen molar-refractivity contribution in [2.24, 2.45) is 0 Å². The van der Waals surface area contributed by atoms with Crippen LogP contribution in [0.1, 0.15) is 31.4 Å². The standard InChI is InChI=1S/C18H21BrN4O2/c19-17-15-9-14(10-20)25-16(15)11-21-18(17)22-12-2-1-3-13(8-12)23-4-6-24-7-5-23/h9,11-13H,1-8H2,(H,21,22)/t12-,13+/m1/s1. The molecule has 132 valence electrons. The molecule has 1 saturated heterocycles. The van der Waals surface area contributed by atoms with E-state index in [2.05, 4.69) is 31.1 Å². The van der Waals surface area contributed by atoms with E-state index in [0.29, 0.717) is 23.4 Å². The number of ether oxygens (including phenoxy) is 1. The number of furan rings is 1. The van der Waals surface area contributed by atoms with Crippen molar-refractivity contribution in [3.05, 3.63) is 22.5 Å². The van der Waals surface area contributed by atoms with Crippen molar-refractivity contribution >= 4 is 32.7 Å². The maximum atomic E-state index is 9.00. The molecule has 1 N–H and O–H groups in total. The van der Waals surface area contributed by atoms with Crippen LogP contribution >= 0.6 is 15.9 Å². The lowest BCUT2D eigenvalue weighted by atomic mass is 9.89. The molecule has 2 atom stereocenters. The minimum atomic E-state index is 0.305. The number of hydrogen-bond acceptors (Lipinski definition) is 6. The van der Waals surface area contributed by atoms with Crippen LogP contribution < -0.4 is 5.32 Å². The van der Waals surface area contributed by atoms with Crippen LogP contribution in [0.15, 0.2) is 21.2 Å². The van der Waals surface area contributed by atoms with Gasteiger partial charge in [0.05, 0.1) is 23.9 Å². The topological polar surface area (TPSA) is 74.3 Å². The van der Waals surface area contributed by atoms with Crippen LogP contribution in [0, 0.1) is 11.3 Å². The van der Waals surface area contributed by atoms with E-state index in [1.165, 1.54) is 12.8 Å². The quantitative estimate of drug-likeness (QED) is 0.843. The van der Waals surface area contributed by atoms with E-state index in [0.717, 1.165) is 54.8 Å². The number of halogens is 1. The molecule has 1 aliphatic heterocycles. The smallest absolute Gasteiger partial charge is 0.204 e. The van der Waals surface area contributed by atoms with Gasteiger partial charge in [-0.1, -0.05) is 0 Å². The summed E-state index contributed by atoms with van der Waals surface area (Å²) in [4.78, 5) is 7.06. The molecule has 2 aliphatic rings. The Morgan fingerprint density at radius 1 is 1.32 bits per heavy atom. The van der Waals surface area contributed by atoms with Crippen LogP contribution in [-0.4, -0.2) is 48.3 Å². The molecule has 1 aliphatic carbocycles. The second kappa shape index (κ2) is 7.32. The highest BCUT2D eigenvalue weighted by molar-refractivity contribution is 9.10. The second-order valence-corrected chi connectivity index (χ2v) is 7.52. The third kappa shape index (κ3) is 3.52. The Balaban J connectivity index is 1.48. The van der Waals surface area contributed by atoms with Gasteiger partial charge in [0.25, 0.3) is 0 Å². The molecular formula is C18H21BrN4O2. The fraction of sp³-hybridized carbons (Fsp3) is 0.556. The first kappa shape index (κ1) is 16.8. The molecule has 0 aromatic carbocycles. The van der Waals surface area contributed by atoms with Gasteiger partial charge in [0, 0.05) is 36.6 Å². The first-order chi connectivity index (χ1) is 12.2. The summed E-state index contributed by atoms with van der Waals surface area (Å²) in [6, 6.07) is 4.82. The Labute approximate surface area is 155 Å². The van der Waals surface area contributed by atoms with Crippen LogP contribution in [0.25, 0.3) is 11.0 Å². The van der Waals surface area contributed by atoms with E-state index in [1.54, 1.807) is 12.3 Å². The van der Waals surface area contributed by atoms with Crippen LogP contribution in [0.2, 0.25) is 0 Å². The van der Waals surface area contributed by atoms with Gasteiger partial charge in [-0.2, -0.15) is 5.26 Å². The predicted octanol–water partition coefficient (Wildman–Crippen LogP) is 3.52. The Kier molecular flexibility index (Phi) is 4.93. The number of morpholine rings is 1. The van der Waals surface area contributed by atoms with Gasteiger partial charge in [-0.3, -0.25) is 4.90 Å². The Hall–Kier alpha value is -1.62. The van der Waals surface area contributed by atoms with Crippen LogP contribution in [-0.2, 0) is 4.74 Å². The van der Waals surface area contributed by atoms with E-state index in [1.807, 2.05) is 6.07 Å². The summed E-state index contributed by atoms with van der Waals surface area (Å²) in [5, 5.41) is 13.5. The van der Waals surface area contributed by atoms with Crippen LogP contribution in [0.4, 0.5) is 5.82 Å². The Morgan fingerprint density at radius 2 is 2.16 bits per heavy atom. The van der Waals surface area contributed by atoms with Crippen molar-refractivity contribution in [2.75, 3.05) is 31.6 Å². The molecule has 1 saturated carbocycles. The number of pyridine rings is 1. The maximum absolute atomic E-state index is 9.00. The number of aromatic nitrogens is 1. The Morgan fingerprint density at radius 3 is 2.96 bits per heavy atom. The molecule has 7 heteroatoms. The van der Waals surface area contributed by atoms with Gasteiger partial charge in [-0.15, -0.1) is 0 Å². The molecule has 0 amide bonds. The fourth-order valence-electron chi connectivity index (χ4n) is 3.90. The number of nitriles is 1. The van der Waals surface area contributed by atoms with Gasteiger partial charge in [0.15, 0.2) is 5.58 Å². The molecule has 0 bridgehead atoms. The number of anilines is 1. The van der Waals surface area contributed by atoms with Crippen molar-refractivity contribution in [3.63, 3.8) is 0 Å². The maximum Gasteiger partial charge on any atom is 0.204 e. The molecule has 4 rings (SSSR count). The first-order valence-electron chi connectivity index (χ1n) is 8.81. The lowest BCUT2D eigenvalue weighted by Gasteiger charge is -2.39. The highest BCUT2D eigenvalue weighted by Crippen LogP contribution is 2.33. The predicted molar refractivity (Wildman–Crippen MR) is 98.5 cm³/mol. The van der Waals surface area contributed by atoms with E-state index in [9.17, 15) is 0 Å². The summed E-state index contributed by atoms with van der Waals surface area (Å²) in [7, 11) is 0. The minimum absolute atomic E-state index is 0.305. The molecule has 2 aromatic heterocycles. The second-order valence-electron chi connectivity index (χ2n) is 6.73. The zero-order chi connectivity index (χ0) is 17.2. The van der Waals surface area contributed by atoms with Gasteiger partial charge in [-0.05, 0) is 41.6 Å². The molecule has 0 unspecified atom stereocenters. The minimum Gasteiger partial charge on any atom is -0.444 e. The fourth-order valence-corrected chi connectivity index (χ4v) is 4.43. The normalized spacial score (nSPS) is 25.0. The van der Waals surface area contributed by atoms with Crippen molar-refractivity contribution in [3.8, 4) is 6.07 Å². The molecule has 2 fully saturated rings. The molecule has 2 aromatic rings. The lowest BCUT2D eigenvalue weighted by molar-refractivity contribution is 0.00751. The molecule has 0 spiro atoms. The molecule has 3 heterocycles. The van der Waals surface area contributed by atoms with Crippen LogP contribution in [0.5, 0.6) is 0 Å². The van der Waals surface area contributed by atoms with Crippen molar-refractivity contribution in [1.82, 2.24) is 9.88 Å². The highest BCUT2D eigenvalue weighted by Gasteiger charge is 2.28. The van der Waals surface area contributed by atoms with E-state index >= 15 is 0 Å². The number of fused-ring (bicyclic) bond motifs is 1. The van der Waals surface area contributed by atoms with Crippen LogP contribution in [0.3, 0.4) is 0 Å². The van der Waals surface area contributed by atoms with E-state index < -0.39 is 0 Å². The zero-order valence-corrected chi connectivity index (χ0v) is 15.6. The molecule has 25 heavy (non-hydrogen) atoms. The van der Waals surface area contributed by atoms with Gasteiger partial charge in [0.2, 0.25) is 5.76 Å². The number of nitrogens with zero attached hydrogens (tertiary/aromatic N) is 3. The summed E-state index contributed by atoms with van der Waals surface area (Å²) >= 11 is 3.62. The number of rotatable bonds is 3. The molecule has 0 radical (unpaired) electrons. The SMILES string of the molecule is N#Cc1cc2c(Br)c(N[C@@H]3CCC[C@H](N4CCOCC4)C3)ncc2o1. The van der Waals surface area contributed by atoms with Gasteiger partial charge >= 0.3 is 0 Å². The lowest BCUT2D eigenvalue weighted by Crippen LogP contribution is -2.47. The average Bonchev–Trinajstić information content (AvgIpc) is 3.09. The van der Waals surface area contributed by atoms with Crippen molar-refractivity contribution in [1.29, 1.82) is 5.26 Å². The third-order valence-corrected chi connectivity index (χ3v) is 5.98. The van der Waals surface area contributed by atoms with Crippen molar-refractivity contribution in [2.45, 2.75) is 37.8 Å². The summed E-state index contributed by atoms with van der Waals surface area (Å²) in [6.45, 7) is 3.77. The third-order valence-electron chi connectivity index (χ3n) is 5.18. The molecule has 6 nitrogen and oxygen atoms in total. The zero-order valence-electron chi connectivity index (χ0n) is 14.0. The van der Waals surface area contributed by atoms with Gasteiger partial charge < -0.3 is 14.5 Å². The van der Waals surface area contributed by atoms with Crippen molar-refractivity contribution < 1.29 is 9.15 Å². The molecular weight excluding hydrogens is 384 g/mol. The largest absolute Gasteiger partial charge is 0.444 e. The summed E-state index contributed by atoms with van der Waals surface area (Å²) in [5.41, 5.74) is 0.629.